The quantitative estimate of drug-likeness (QED) is 0.654. The molecule has 148 valence electrons. The average Bonchev–Trinajstić information content (AvgIpc) is 2.62. The zero-order valence-electron chi connectivity index (χ0n) is 15.3. The van der Waals surface area contributed by atoms with Crippen molar-refractivity contribution in [2.75, 3.05) is 26.7 Å². The molecule has 26 heavy (non-hydrogen) atoms. The molecule has 2 fully saturated rings. The van der Waals surface area contributed by atoms with E-state index in [9.17, 15) is 4.79 Å². The average molecular weight is 404 g/mol. The maximum atomic E-state index is 12.0. The van der Waals surface area contributed by atoms with Crippen LogP contribution in [0.15, 0.2) is 24.3 Å². The van der Waals surface area contributed by atoms with E-state index in [1.807, 2.05) is 24.3 Å². The number of hydrogen-bond acceptors (Lipinski definition) is 4. The van der Waals surface area contributed by atoms with Crippen molar-refractivity contribution in [3.05, 3.63) is 29.8 Å². The van der Waals surface area contributed by atoms with E-state index < -0.39 is 0 Å². The van der Waals surface area contributed by atoms with Crippen LogP contribution in [0.25, 0.3) is 0 Å². The highest BCUT2D eigenvalue weighted by molar-refractivity contribution is 5.85. The maximum absolute atomic E-state index is 12.0. The molecule has 3 rings (SSSR count). The van der Waals surface area contributed by atoms with Gasteiger partial charge >= 0.3 is 0 Å². The van der Waals surface area contributed by atoms with Gasteiger partial charge in [0.05, 0.1) is 7.11 Å². The molecule has 0 saturated carbocycles. The van der Waals surface area contributed by atoms with E-state index in [4.69, 9.17) is 4.74 Å². The van der Waals surface area contributed by atoms with Gasteiger partial charge in [-0.05, 0) is 68.4 Å². The highest BCUT2D eigenvalue weighted by Gasteiger charge is 2.32. The van der Waals surface area contributed by atoms with Gasteiger partial charge in [-0.3, -0.25) is 4.79 Å². The van der Waals surface area contributed by atoms with E-state index in [-0.39, 0.29) is 30.7 Å². The fourth-order valence-electron chi connectivity index (χ4n) is 3.87. The molecule has 0 aliphatic carbocycles. The highest BCUT2D eigenvalue weighted by atomic mass is 35.5. The number of carbonyl (C=O) groups is 1. The summed E-state index contributed by atoms with van der Waals surface area (Å²) < 4.78 is 5.14. The Hall–Kier alpha value is -1.01. The van der Waals surface area contributed by atoms with Crippen LogP contribution in [-0.4, -0.2) is 38.7 Å². The van der Waals surface area contributed by atoms with E-state index in [0.29, 0.717) is 19.0 Å². The molecular formula is C19H31Cl2N3O2. The largest absolute Gasteiger partial charge is 0.497 e. The normalized spacial score (nSPS) is 24.0. The second-order valence-corrected chi connectivity index (χ2v) is 7.05. The summed E-state index contributed by atoms with van der Waals surface area (Å²) >= 11 is 0. The smallest absolute Gasteiger partial charge is 0.220 e. The Morgan fingerprint density at radius 1 is 1.19 bits per heavy atom. The summed E-state index contributed by atoms with van der Waals surface area (Å²) in [6.07, 6.45) is 3.99. The number of carbonyl (C=O) groups excluding carboxylic acids is 1. The number of amides is 1. The number of methoxy groups -OCH3 is 1. The van der Waals surface area contributed by atoms with Gasteiger partial charge in [0.15, 0.2) is 0 Å². The van der Waals surface area contributed by atoms with Crippen LogP contribution in [0.1, 0.15) is 31.2 Å². The summed E-state index contributed by atoms with van der Waals surface area (Å²) in [6.45, 7) is 3.98. The Kier molecular flexibility index (Phi) is 10.3. The molecule has 1 aromatic carbocycles. The summed E-state index contributed by atoms with van der Waals surface area (Å²) in [6, 6.07) is 8.38. The number of benzene rings is 1. The van der Waals surface area contributed by atoms with Crippen LogP contribution in [-0.2, 0) is 11.3 Å². The Morgan fingerprint density at radius 2 is 1.96 bits per heavy atom. The minimum atomic E-state index is 0. The number of nitrogens with one attached hydrogen (secondary N) is 3. The molecule has 0 unspecified atom stereocenters. The third-order valence-corrected chi connectivity index (χ3v) is 5.28. The van der Waals surface area contributed by atoms with Gasteiger partial charge in [-0.25, -0.2) is 0 Å². The minimum absolute atomic E-state index is 0. The maximum Gasteiger partial charge on any atom is 0.220 e. The Morgan fingerprint density at radius 3 is 2.69 bits per heavy atom. The molecule has 7 heteroatoms. The van der Waals surface area contributed by atoms with Crippen LogP contribution in [0.5, 0.6) is 5.75 Å². The summed E-state index contributed by atoms with van der Waals surface area (Å²) in [4.78, 5) is 12.0. The molecule has 0 spiro atoms. The predicted octanol–water partition coefficient (Wildman–Crippen LogP) is 2.52. The van der Waals surface area contributed by atoms with Crippen molar-refractivity contribution in [3.63, 3.8) is 0 Å². The van der Waals surface area contributed by atoms with Crippen molar-refractivity contribution in [1.29, 1.82) is 0 Å². The van der Waals surface area contributed by atoms with E-state index in [1.54, 1.807) is 7.11 Å². The SMILES string of the molecule is COc1ccc(CNC(=O)CCC[C@@H]2NC[C@@H]3CNC[C@H]2C3)cc1.Cl.Cl. The lowest BCUT2D eigenvalue weighted by atomic mass is 9.80. The van der Waals surface area contributed by atoms with E-state index in [1.165, 1.54) is 6.42 Å². The van der Waals surface area contributed by atoms with Crippen LogP contribution < -0.4 is 20.7 Å². The van der Waals surface area contributed by atoms with Crippen molar-refractivity contribution >= 4 is 30.7 Å². The number of fused-ring (bicyclic) bond motifs is 2. The van der Waals surface area contributed by atoms with Gasteiger partial charge in [0.2, 0.25) is 5.91 Å². The van der Waals surface area contributed by atoms with Crippen LogP contribution in [0.2, 0.25) is 0 Å². The van der Waals surface area contributed by atoms with Gasteiger partial charge < -0.3 is 20.7 Å². The van der Waals surface area contributed by atoms with E-state index in [2.05, 4.69) is 16.0 Å². The summed E-state index contributed by atoms with van der Waals surface area (Å²) in [7, 11) is 1.65. The van der Waals surface area contributed by atoms with Crippen LogP contribution in [0, 0.1) is 11.8 Å². The van der Waals surface area contributed by atoms with Crippen molar-refractivity contribution in [1.82, 2.24) is 16.0 Å². The lowest BCUT2D eigenvalue weighted by Gasteiger charge is -2.41. The lowest BCUT2D eigenvalue weighted by Crippen LogP contribution is -2.54. The molecule has 2 aliphatic rings. The number of piperidine rings is 2. The van der Waals surface area contributed by atoms with Crippen LogP contribution in [0.3, 0.4) is 0 Å². The third-order valence-electron chi connectivity index (χ3n) is 5.28. The fraction of sp³-hybridized carbons (Fsp3) is 0.632. The summed E-state index contributed by atoms with van der Waals surface area (Å²) in [5.41, 5.74) is 1.09. The number of hydrogen-bond donors (Lipinski definition) is 3. The molecule has 3 atom stereocenters. The van der Waals surface area contributed by atoms with Gasteiger partial charge in [-0.2, -0.15) is 0 Å². The molecule has 2 bridgehead atoms. The molecule has 2 aliphatic heterocycles. The fourth-order valence-corrected chi connectivity index (χ4v) is 3.87. The van der Waals surface area contributed by atoms with Gasteiger partial charge in [0.1, 0.15) is 5.75 Å². The standard InChI is InChI=1S/C19H29N3O2.2ClH/c1-24-17-7-5-14(6-8-17)11-22-19(23)4-2-3-18-16-9-15(12-21-18)10-20-13-16;;/h5-8,15-16,18,20-21H,2-4,9-13H2,1H3,(H,22,23);2*1H/t15-,16+,18-;;/m0../s1. The second kappa shape index (κ2) is 11.7. The predicted molar refractivity (Wildman–Crippen MR) is 109 cm³/mol. The number of rotatable bonds is 7. The second-order valence-electron chi connectivity index (χ2n) is 7.05. The number of ether oxygens (including phenoxy) is 1. The molecule has 1 amide bonds. The molecule has 2 saturated heterocycles. The Labute approximate surface area is 168 Å². The first-order valence-electron chi connectivity index (χ1n) is 9.08. The molecule has 2 heterocycles. The van der Waals surface area contributed by atoms with Crippen molar-refractivity contribution in [2.45, 2.75) is 38.3 Å². The van der Waals surface area contributed by atoms with E-state index in [0.717, 1.165) is 55.6 Å². The number of halogens is 2. The summed E-state index contributed by atoms with van der Waals surface area (Å²) in [5.74, 6) is 2.51. The zero-order valence-corrected chi connectivity index (χ0v) is 17.0. The first-order valence-corrected chi connectivity index (χ1v) is 9.08. The summed E-state index contributed by atoms with van der Waals surface area (Å²) in [5, 5.41) is 10.2. The molecule has 0 aromatic heterocycles. The highest BCUT2D eigenvalue weighted by Crippen LogP contribution is 2.26. The molecule has 0 radical (unpaired) electrons. The lowest BCUT2D eigenvalue weighted by molar-refractivity contribution is -0.121. The molecule has 5 nitrogen and oxygen atoms in total. The van der Waals surface area contributed by atoms with Crippen molar-refractivity contribution in [2.24, 2.45) is 11.8 Å². The molecule has 1 aromatic rings. The first-order chi connectivity index (χ1) is 11.7. The van der Waals surface area contributed by atoms with Gasteiger partial charge in [-0.15, -0.1) is 24.8 Å². The topological polar surface area (TPSA) is 62.4 Å². The zero-order chi connectivity index (χ0) is 16.8. The Bertz CT molecular complexity index is 542. The van der Waals surface area contributed by atoms with Gasteiger partial charge in [0.25, 0.3) is 0 Å². The monoisotopic (exact) mass is 403 g/mol. The van der Waals surface area contributed by atoms with E-state index >= 15 is 0 Å². The van der Waals surface area contributed by atoms with Crippen molar-refractivity contribution in [3.8, 4) is 5.75 Å². The molecule has 3 N–H and O–H groups in total. The van der Waals surface area contributed by atoms with Gasteiger partial charge in [-0.1, -0.05) is 12.1 Å². The molecular weight excluding hydrogens is 373 g/mol. The third kappa shape index (κ3) is 6.62. The van der Waals surface area contributed by atoms with Gasteiger partial charge in [0, 0.05) is 19.0 Å². The van der Waals surface area contributed by atoms with Crippen LogP contribution in [0.4, 0.5) is 0 Å². The van der Waals surface area contributed by atoms with Crippen molar-refractivity contribution < 1.29 is 9.53 Å². The minimum Gasteiger partial charge on any atom is -0.497 e. The first kappa shape index (κ1) is 23.0. The Balaban J connectivity index is 0.00000169. The van der Waals surface area contributed by atoms with Crippen LogP contribution >= 0.6 is 24.8 Å².